The molecule has 3 rings (SSSR count). The number of ether oxygens (including phenoxy) is 1. The number of piperidine rings is 1. The van der Waals surface area contributed by atoms with Gasteiger partial charge in [0.05, 0.1) is 7.11 Å². The van der Waals surface area contributed by atoms with Crippen molar-refractivity contribution in [3.63, 3.8) is 0 Å². The second-order valence-corrected chi connectivity index (χ2v) is 7.15. The summed E-state index contributed by atoms with van der Waals surface area (Å²) in [4.78, 5) is 2.68. The number of halogens is 2. The summed E-state index contributed by atoms with van der Waals surface area (Å²) in [5, 5.41) is 3.46. The molecule has 0 bridgehead atoms. The van der Waals surface area contributed by atoms with Crippen molar-refractivity contribution >= 4 is 28.3 Å². The molecule has 1 atom stereocenters. The van der Waals surface area contributed by atoms with Crippen molar-refractivity contribution in [1.29, 1.82) is 0 Å². The molecule has 3 nitrogen and oxygen atoms in total. The molecule has 0 aliphatic carbocycles. The minimum Gasteiger partial charge on any atom is -0.496 e. The highest BCUT2D eigenvalue weighted by molar-refractivity contribution is 9.10. The number of likely N-dealkylation sites (tertiary alicyclic amines) is 1. The second-order valence-electron chi connectivity index (χ2n) is 6.23. The van der Waals surface area contributed by atoms with Gasteiger partial charge in [0.15, 0.2) is 0 Å². The minimum atomic E-state index is 0. The fraction of sp³-hybridized carbons (Fsp3) is 0.647. The second kappa shape index (κ2) is 8.53. The van der Waals surface area contributed by atoms with Crippen molar-refractivity contribution in [2.75, 3.05) is 33.3 Å². The molecule has 5 heteroatoms. The van der Waals surface area contributed by atoms with Crippen molar-refractivity contribution in [2.45, 2.75) is 31.7 Å². The molecule has 1 aromatic carbocycles. The lowest BCUT2D eigenvalue weighted by atomic mass is 9.96. The SMILES string of the molecule is COc1ccc(Br)cc1C1CCCN1CC1CCNCC1.Cl. The van der Waals surface area contributed by atoms with Gasteiger partial charge in [-0.15, -0.1) is 12.4 Å². The van der Waals surface area contributed by atoms with Crippen LogP contribution in [0.5, 0.6) is 5.75 Å². The number of hydrogen-bond donors (Lipinski definition) is 1. The van der Waals surface area contributed by atoms with E-state index < -0.39 is 0 Å². The molecule has 0 saturated carbocycles. The van der Waals surface area contributed by atoms with Crippen LogP contribution in [0.4, 0.5) is 0 Å². The molecule has 0 aromatic heterocycles. The molecule has 2 aliphatic rings. The van der Waals surface area contributed by atoms with E-state index in [9.17, 15) is 0 Å². The third-order valence-electron chi connectivity index (χ3n) is 4.87. The number of benzene rings is 1. The van der Waals surface area contributed by atoms with Crippen LogP contribution in [0.25, 0.3) is 0 Å². The standard InChI is InChI=1S/C17H25BrN2O.ClH/c1-21-17-5-4-14(18)11-15(17)16-3-2-10-20(16)12-13-6-8-19-9-7-13;/h4-5,11,13,16,19H,2-3,6-10,12H2,1H3;1H. The van der Waals surface area contributed by atoms with Crippen molar-refractivity contribution in [2.24, 2.45) is 5.92 Å². The first-order valence-corrected chi connectivity index (χ1v) is 8.85. The highest BCUT2D eigenvalue weighted by Gasteiger charge is 2.30. The minimum absolute atomic E-state index is 0. The van der Waals surface area contributed by atoms with Gasteiger partial charge in [0, 0.05) is 22.6 Å². The van der Waals surface area contributed by atoms with E-state index >= 15 is 0 Å². The van der Waals surface area contributed by atoms with Crippen molar-refractivity contribution in [3.8, 4) is 5.75 Å². The molecule has 0 radical (unpaired) electrons. The summed E-state index contributed by atoms with van der Waals surface area (Å²) < 4.78 is 6.74. The van der Waals surface area contributed by atoms with Gasteiger partial charge in [-0.3, -0.25) is 4.90 Å². The van der Waals surface area contributed by atoms with Crippen molar-refractivity contribution < 1.29 is 4.74 Å². The average Bonchev–Trinajstić information content (AvgIpc) is 2.96. The molecule has 2 heterocycles. The molecular weight excluding hydrogens is 364 g/mol. The van der Waals surface area contributed by atoms with Gasteiger partial charge >= 0.3 is 0 Å². The molecular formula is C17H26BrClN2O. The molecule has 0 spiro atoms. The van der Waals surface area contributed by atoms with Crippen LogP contribution < -0.4 is 10.1 Å². The zero-order valence-electron chi connectivity index (χ0n) is 13.2. The highest BCUT2D eigenvalue weighted by atomic mass is 79.9. The molecule has 2 fully saturated rings. The molecule has 22 heavy (non-hydrogen) atoms. The number of hydrogen-bond acceptors (Lipinski definition) is 3. The van der Waals surface area contributed by atoms with Crippen LogP contribution in [0.3, 0.4) is 0 Å². The Balaban J connectivity index is 0.00000176. The zero-order valence-corrected chi connectivity index (χ0v) is 15.6. The topological polar surface area (TPSA) is 24.5 Å². The predicted molar refractivity (Wildman–Crippen MR) is 97.1 cm³/mol. The monoisotopic (exact) mass is 388 g/mol. The van der Waals surface area contributed by atoms with E-state index in [1.54, 1.807) is 7.11 Å². The van der Waals surface area contributed by atoms with Gasteiger partial charge in [-0.2, -0.15) is 0 Å². The third kappa shape index (κ3) is 4.16. The van der Waals surface area contributed by atoms with E-state index in [1.807, 2.05) is 0 Å². The van der Waals surface area contributed by atoms with Crippen molar-refractivity contribution in [1.82, 2.24) is 10.2 Å². The first kappa shape index (κ1) is 18.1. The summed E-state index contributed by atoms with van der Waals surface area (Å²) >= 11 is 3.61. The molecule has 124 valence electrons. The van der Waals surface area contributed by atoms with Crippen LogP contribution in [-0.2, 0) is 0 Å². The Morgan fingerprint density at radius 2 is 2.05 bits per heavy atom. The largest absolute Gasteiger partial charge is 0.496 e. The third-order valence-corrected chi connectivity index (χ3v) is 5.36. The van der Waals surface area contributed by atoms with Crippen molar-refractivity contribution in [3.05, 3.63) is 28.2 Å². The Morgan fingerprint density at radius 3 is 2.77 bits per heavy atom. The lowest BCUT2D eigenvalue weighted by Gasteiger charge is -2.32. The maximum atomic E-state index is 5.59. The molecule has 2 saturated heterocycles. The maximum Gasteiger partial charge on any atom is 0.123 e. The van der Waals surface area contributed by atoms with Gasteiger partial charge < -0.3 is 10.1 Å². The van der Waals surface area contributed by atoms with E-state index in [0.717, 1.165) is 16.1 Å². The number of nitrogens with zero attached hydrogens (tertiary/aromatic N) is 1. The van der Waals surface area contributed by atoms with Gasteiger partial charge in [0.2, 0.25) is 0 Å². The Bertz CT molecular complexity index is 480. The smallest absolute Gasteiger partial charge is 0.123 e. The molecule has 1 N–H and O–H groups in total. The number of rotatable bonds is 4. The fourth-order valence-electron chi connectivity index (χ4n) is 3.76. The zero-order chi connectivity index (χ0) is 14.7. The molecule has 1 unspecified atom stereocenters. The summed E-state index contributed by atoms with van der Waals surface area (Å²) in [6.45, 7) is 4.83. The molecule has 1 aromatic rings. The lowest BCUT2D eigenvalue weighted by molar-refractivity contribution is 0.190. The summed E-state index contributed by atoms with van der Waals surface area (Å²) in [7, 11) is 1.78. The van der Waals surface area contributed by atoms with Crippen LogP contribution in [0.1, 0.15) is 37.3 Å². The quantitative estimate of drug-likeness (QED) is 0.842. The van der Waals surface area contributed by atoms with E-state index in [-0.39, 0.29) is 12.4 Å². The van der Waals surface area contributed by atoms with Gasteiger partial charge in [0.25, 0.3) is 0 Å². The van der Waals surface area contributed by atoms with Crippen LogP contribution in [0, 0.1) is 5.92 Å². The van der Waals surface area contributed by atoms with E-state index in [4.69, 9.17) is 4.74 Å². The summed E-state index contributed by atoms with van der Waals surface area (Å²) in [5.74, 6) is 1.88. The highest BCUT2D eigenvalue weighted by Crippen LogP contribution is 2.39. The Morgan fingerprint density at radius 1 is 1.27 bits per heavy atom. The summed E-state index contributed by atoms with van der Waals surface area (Å²) in [6.07, 6.45) is 5.18. The summed E-state index contributed by atoms with van der Waals surface area (Å²) in [5.41, 5.74) is 1.35. The predicted octanol–water partition coefficient (Wildman–Crippen LogP) is 4.02. The Labute approximate surface area is 148 Å². The van der Waals surface area contributed by atoms with E-state index in [2.05, 4.69) is 44.3 Å². The number of methoxy groups -OCH3 is 1. The first-order chi connectivity index (χ1) is 10.3. The molecule has 0 amide bonds. The van der Waals surface area contributed by atoms with Gasteiger partial charge in [-0.1, -0.05) is 15.9 Å². The normalized spacial score (nSPS) is 23.3. The van der Waals surface area contributed by atoms with E-state index in [1.165, 1.54) is 57.4 Å². The van der Waals surface area contributed by atoms with Crippen LogP contribution in [-0.4, -0.2) is 38.2 Å². The van der Waals surface area contributed by atoms with Crippen LogP contribution >= 0.6 is 28.3 Å². The Hall–Kier alpha value is -0.290. The van der Waals surface area contributed by atoms with Gasteiger partial charge in [-0.25, -0.2) is 0 Å². The fourth-order valence-corrected chi connectivity index (χ4v) is 4.14. The molecule has 2 aliphatic heterocycles. The summed E-state index contributed by atoms with van der Waals surface area (Å²) in [6, 6.07) is 6.91. The lowest BCUT2D eigenvalue weighted by Crippen LogP contribution is -2.36. The Kier molecular flexibility index (Phi) is 7.00. The van der Waals surface area contributed by atoms with Crippen LogP contribution in [0.2, 0.25) is 0 Å². The average molecular weight is 390 g/mol. The van der Waals surface area contributed by atoms with E-state index in [0.29, 0.717) is 6.04 Å². The first-order valence-electron chi connectivity index (χ1n) is 8.06. The van der Waals surface area contributed by atoms with Gasteiger partial charge in [-0.05, 0) is 69.4 Å². The maximum absolute atomic E-state index is 5.59. The van der Waals surface area contributed by atoms with Gasteiger partial charge in [0.1, 0.15) is 5.75 Å². The van der Waals surface area contributed by atoms with Crippen LogP contribution in [0.15, 0.2) is 22.7 Å². The number of nitrogens with one attached hydrogen (secondary N) is 1.